The van der Waals surface area contributed by atoms with Gasteiger partial charge in [-0.05, 0) is 12.3 Å². The molecule has 0 aromatic carbocycles. The lowest BCUT2D eigenvalue weighted by molar-refractivity contribution is -0.142. The molecule has 1 aliphatic rings. The summed E-state index contributed by atoms with van der Waals surface area (Å²) in [6.07, 6.45) is 0.371. The SMILES string of the molecule is CC(C)CC(CNC(=O)NC1CC(=O)N(C)C1=O)C(=O)O. The third-order valence-electron chi connectivity index (χ3n) is 3.30. The van der Waals surface area contributed by atoms with Crippen molar-refractivity contribution >= 4 is 23.8 Å². The number of rotatable bonds is 6. The molecule has 1 saturated heterocycles. The van der Waals surface area contributed by atoms with Gasteiger partial charge < -0.3 is 15.7 Å². The van der Waals surface area contributed by atoms with Crippen molar-refractivity contribution < 1.29 is 24.3 Å². The minimum atomic E-state index is -0.976. The Hall–Kier alpha value is -2.12. The van der Waals surface area contributed by atoms with Crippen LogP contribution in [0.2, 0.25) is 0 Å². The molecule has 0 aromatic heterocycles. The third kappa shape index (κ3) is 4.73. The normalized spacial score (nSPS) is 19.8. The Bertz CT molecular complexity index is 449. The van der Waals surface area contributed by atoms with Gasteiger partial charge in [-0.25, -0.2) is 4.79 Å². The van der Waals surface area contributed by atoms with Crippen LogP contribution in [0.25, 0.3) is 0 Å². The zero-order valence-electron chi connectivity index (χ0n) is 12.4. The molecule has 0 bridgehead atoms. The Morgan fingerprint density at radius 3 is 2.43 bits per heavy atom. The lowest BCUT2D eigenvalue weighted by Gasteiger charge is -2.17. The number of amides is 4. The Morgan fingerprint density at radius 2 is 2.00 bits per heavy atom. The van der Waals surface area contributed by atoms with Crippen molar-refractivity contribution in [2.24, 2.45) is 11.8 Å². The highest BCUT2D eigenvalue weighted by molar-refractivity contribution is 6.06. The lowest BCUT2D eigenvalue weighted by atomic mass is 9.97. The van der Waals surface area contributed by atoms with Gasteiger partial charge in [0.2, 0.25) is 5.91 Å². The highest BCUT2D eigenvalue weighted by Crippen LogP contribution is 2.12. The minimum absolute atomic E-state index is 0.0238. The maximum atomic E-state index is 11.7. The summed E-state index contributed by atoms with van der Waals surface area (Å²) < 4.78 is 0. The smallest absolute Gasteiger partial charge is 0.315 e. The Morgan fingerprint density at radius 1 is 1.38 bits per heavy atom. The molecule has 0 aromatic rings. The zero-order valence-corrected chi connectivity index (χ0v) is 12.4. The van der Waals surface area contributed by atoms with Crippen LogP contribution >= 0.6 is 0 Å². The Kier molecular flexibility index (Phi) is 5.69. The summed E-state index contributed by atoms with van der Waals surface area (Å²) in [7, 11) is 1.35. The first-order chi connectivity index (χ1) is 9.72. The molecule has 8 nitrogen and oxygen atoms in total. The molecule has 3 N–H and O–H groups in total. The number of carboxylic acid groups (broad SMARTS) is 1. The highest BCUT2D eigenvalue weighted by Gasteiger charge is 2.37. The van der Waals surface area contributed by atoms with Crippen molar-refractivity contribution in [1.29, 1.82) is 0 Å². The van der Waals surface area contributed by atoms with Crippen LogP contribution in [0.1, 0.15) is 26.7 Å². The Labute approximate surface area is 122 Å². The van der Waals surface area contributed by atoms with Crippen LogP contribution < -0.4 is 10.6 Å². The summed E-state index contributed by atoms with van der Waals surface area (Å²) in [5.41, 5.74) is 0. The van der Waals surface area contributed by atoms with Crippen LogP contribution in [0, 0.1) is 11.8 Å². The van der Waals surface area contributed by atoms with Gasteiger partial charge in [0.25, 0.3) is 5.91 Å². The monoisotopic (exact) mass is 299 g/mol. The van der Waals surface area contributed by atoms with E-state index in [-0.39, 0.29) is 24.8 Å². The summed E-state index contributed by atoms with van der Waals surface area (Å²) in [5.74, 6) is -2.28. The molecule has 0 radical (unpaired) electrons. The number of hydrogen-bond donors (Lipinski definition) is 3. The number of likely N-dealkylation sites (N-methyl/N-ethyl adjacent to an activating group) is 1. The second-order valence-electron chi connectivity index (χ2n) is 5.57. The molecule has 0 spiro atoms. The number of urea groups is 1. The summed E-state index contributed by atoms with van der Waals surface area (Å²) in [6, 6.07) is -1.53. The molecule has 2 unspecified atom stereocenters. The van der Waals surface area contributed by atoms with Crippen LogP contribution in [-0.4, -0.2) is 53.5 Å². The van der Waals surface area contributed by atoms with E-state index in [0.717, 1.165) is 4.90 Å². The van der Waals surface area contributed by atoms with Gasteiger partial charge in [-0.2, -0.15) is 0 Å². The minimum Gasteiger partial charge on any atom is -0.481 e. The lowest BCUT2D eigenvalue weighted by Crippen LogP contribution is -2.47. The number of nitrogens with zero attached hydrogens (tertiary/aromatic N) is 1. The van der Waals surface area contributed by atoms with Crippen molar-refractivity contribution in [3.63, 3.8) is 0 Å². The molecule has 118 valence electrons. The number of imide groups is 1. The molecule has 1 aliphatic heterocycles. The van der Waals surface area contributed by atoms with E-state index in [4.69, 9.17) is 5.11 Å². The summed E-state index contributed by atoms with van der Waals surface area (Å²) in [4.78, 5) is 46.6. The first kappa shape index (κ1) is 16.9. The molecule has 2 atom stereocenters. The van der Waals surface area contributed by atoms with Gasteiger partial charge in [-0.3, -0.25) is 19.3 Å². The second kappa shape index (κ2) is 7.05. The van der Waals surface area contributed by atoms with Gasteiger partial charge in [-0.1, -0.05) is 13.8 Å². The number of aliphatic carboxylic acids is 1. The van der Waals surface area contributed by atoms with Crippen molar-refractivity contribution in [1.82, 2.24) is 15.5 Å². The van der Waals surface area contributed by atoms with Gasteiger partial charge in [0, 0.05) is 13.6 Å². The van der Waals surface area contributed by atoms with Crippen molar-refractivity contribution in [3.05, 3.63) is 0 Å². The number of carboxylic acids is 1. The molecule has 8 heteroatoms. The van der Waals surface area contributed by atoms with Crippen LogP contribution in [0.3, 0.4) is 0 Å². The van der Waals surface area contributed by atoms with Crippen LogP contribution in [0.15, 0.2) is 0 Å². The number of carbonyl (C=O) groups excluding carboxylic acids is 3. The molecular weight excluding hydrogens is 278 g/mol. The van der Waals surface area contributed by atoms with Crippen LogP contribution in [-0.2, 0) is 14.4 Å². The van der Waals surface area contributed by atoms with E-state index in [1.54, 1.807) is 0 Å². The van der Waals surface area contributed by atoms with E-state index in [9.17, 15) is 19.2 Å². The Balaban J connectivity index is 2.45. The summed E-state index contributed by atoms with van der Waals surface area (Å²) in [6.45, 7) is 3.77. The van der Waals surface area contributed by atoms with E-state index >= 15 is 0 Å². The van der Waals surface area contributed by atoms with Gasteiger partial charge >= 0.3 is 12.0 Å². The zero-order chi connectivity index (χ0) is 16.2. The van der Waals surface area contributed by atoms with Crippen LogP contribution in [0.4, 0.5) is 4.79 Å². The first-order valence-electron chi connectivity index (χ1n) is 6.80. The number of hydrogen-bond acceptors (Lipinski definition) is 4. The van der Waals surface area contributed by atoms with Gasteiger partial charge in [0.15, 0.2) is 0 Å². The van der Waals surface area contributed by atoms with Gasteiger partial charge in [-0.15, -0.1) is 0 Å². The highest BCUT2D eigenvalue weighted by atomic mass is 16.4. The summed E-state index contributed by atoms with van der Waals surface area (Å²) in [5, 5.41) is 13.9. The van der Waals surface area contributed by atoms with Gasteiger partial charge in [0.1, 0.15) is 6.04 Å². The first-order valence-corrected chi connectivity index (χ1v) is 6.80. The van der Waals surface area contributed by atoms with E-state index in [1.807, 2.05) is 13.8 Å². The number of carbonyl (C=O) groups is 4. The fraction of sp³-hybridized carbons (Fsp3) is 0.692. The van der Waals surface area contributed by atoms with E-state index in [0.29, 0.717) is 6.42 Å². The van der Waals surface area contributed by atoms with Crippen molar-refractivity contribution in [3.8, 4) is 0 Å². The van der Waals surface area contributed by atoms with E-state index < -0.39 is 29.9 Å². The molecule has 0 saturated carbocycles. The fourth-order valence-corrected chi connectivity index (χ4v) is 2.13. The largest absolute Gasteiger partial charge is 0.481 e. The summed E-state index contributed by atoms with van der Waals surface area (Å²) >= 11 is 0. The molecule has 21 heavy (non-hydrogen) atoms. The third-order valence-corrected chi connectivity index (χ3v) is 3.30. The van der Waals surface area contributed by atoms with Crippen molar-refractivity contribution in [2.45, 2.75) is 32.7 Å². The molecule has 1 rings (SSSR count). The van der Waals surface area contributed by atoms with Crippen LogP contribution in [0.5, 0.6) is 0 Å². The van der Waals surface area contributed by atoms with E-state index in [1.165, 1.54) is 7.05 Å². The molecule has 1 fully saturated rings. The maximum Gasteiger partial charge on any atom is 0.315 e. The molecular formula is C13H21N3O5. The van der Waals surface area contributed by atoms with Crippen molar-refractivity contribution in [2.75, 3.05) is 13.6 Å². The van der Waals surface area contributed by atoms with Gasteiger partial charge in [0.05, 0.1) is 12.3 Å². The molecule has 0 aliphatic carbocycles. The average Bonchev–Trinajstić information content (AvgIpc) is 2.61. The predicted octanol–water partition coefficient (Wildman–Crippen LogP) is -0.210. The quantitative estimate of drug-likeness (QED) is 0.587. The predicted molar refractivity (Wildman–Crippen MR) is 73.3 cm³/mol. The molecule has 4 amide bonds. The molecule has 1 heterocycles. The number of likely N-dealkylation sites (tertiary alicyclic amines) is 1. The topological polar surface area (TPSA) is 116 Å². The maximum absolute atomic E-state index is 11.7. The fourth-order valence-electron chi connectivity index (χ4n) is 2.13. The average molecular weight is 299 g/mol. The second-order valence-corrected chi connectivity index (χ2v) is 5.57. The standard InChI is InChI=1S/C13H21N3O5/c1-7(2)4-8(12(19)20)6-14-13(21)15-9-5-10(17)16(3)11(9)18/h7-9H,4-6H2,1-3H3,(H,19,20)(H2,14,15,21). The van der Waals surface area contributed by atoms with E-state index in [2.05, 4.69) is 10.6 Å². The number of nitrogens with one attached hydrogen (secondary N) is 2.